The predicted molar refractivity (Wildman–Crippen MR) is 95.2 cm³/mol. The molecule has 22 heavy (non-hydrogen) atoms. The van der Waals surface area contributed by atoms with Crippen molar-refractivity contribution in [1.82, 2.24) is 4.90 Å². The monoisotopic (exact) mass is 311 g/mol. The van der Waals surface area contributed by atoms with Gasteiger partial charge in [0.15, 0.2) is 0 Å². The average Bonchev–Trinajstić information content (AvgIpc) is 2.54. The fraction of sp³-hybridized carbons (Fsp3) is 0.316. The van der Waals surface area contributed by atoms with Crippen LogP contribution in [0.3, 0.4) is 0 Å². The van der Waals surface area contributed by atoms with Crippen LogP contribution in [0.15, 0.2) is 54.6 Å². The Hall–Kier alpha value is -1.71. The Morgan fingerprint density at radius 2 is 1.45 bits per heavy atom. The van der Waals surface area contributed by atoms with Gasteiger partial charge >= 0.3 is 0 Å². The van der Waals surface area contributed by atoms with Gasteiger partial charge in [-0.1, -0.05) is 66.8 Å². The van der Waals surface area contributed by atoms with Gasteiger partial charge in [0.25, 0.3) is 0 Å². The first-order valence-electron chi connectivity index (χ1n) is 7.73. The zero-order valence-corrected chi connectivity index (χ0v) is 13.8. The maximum Gasteiger partial charge on any atom is 0.109 e. The molecule has 1 saturated heterocycles. The number of ether oxygens (including phenoxy) is 1. The van der Waals surface area contributed by atoms with Gasteiger partial charge in [0, 0.05) is 18.7 Å². The lowest BCUT2D eigenvalue weighted by Gasteiger charge is -2.37. The number of nitrogens with zero attached hydrogens (tertiary/aromatic N) is 1. The quantitative estimate of drug-likeness (QED) is 0.774. The fourth-order valence-electron chi connectivity index (χ4n) is 2.96. The van der Waals surface area contributed by atoms with Crippen molar-refractivity contribution in [2.24, 2.45) is 0 Å². The summed E-state index contributed by atoms with van der Waals surface area (Å²) in [5.41, 5.74) is 3.56. The maximum atomic E-state index is 5.78. The number of thiocarbonyl (C=S) groups is 1. The molecule has 0 radical (unpaired) electrons. The summed E-state index contributed by atoms with van der Waals surface area (Å²) in [6.45, 7) is 5.93. The molecule has 0 aromatic heterocycles. The third-order valence-corrected chi connectivity index (χ3v) is 4.44. The summed E-state index contributed by atoms with van der Waals surface area (Å²) in [6, 6.07) is 18.9. The van der Waals surface area contributed by atoms with Crippen molar-refractivity contribution in [3.63, 3.8) is 0 Å². The van der Waals surface area contributed by atoms with Crippen LogP contribution < -0.4 is 0 Å². The van der Waals surface area contributed by atoms with E-state index < -0.39 is 0 Å². The van der Waals surface area contributed by atoms with Gasteiger partial charge in [-0.25, -0.2) is 0 Å². The first-order chi connectivity index (χ1) is 10.6. The molecule has 0 bridgehead atoms. The Morgan fingerprint density at radius 3 is 2.05 bits per heavy atom. The van der Waals surface area contributed by atoms with Crippen LogP contribution in [0.2, 0.25) is 0 Å². The van der Waals surface area contributed by atoms with E-state index in [9.17, 15) is 0 Å². The summed E-state index contributed by atoms with van der Waals surface area (Å²) in [5, 5.41) is 0. The van der Waals surface area contributed by atoms with Crippen LogP contribution in [0.25, 0.3) is 11.1 Å². The van der Waals surface area contributed by atoms with Gasteiger partial charge in [0.05, 0.1) is 12.2 Å². The van der Waals surface area contributed by atoms with Crippen LogP contribution >= 0.6 is 12.2 Å². The molecule has 1 heterocycles. The zero-order chi connectivity index (χ0) is 15.5. The number of morpholine rings is 1. The lowest BCUT2D eigenvalue weighted by molar-refractivity contribution is -0.0472. The van der Waals surface area contributed by atoms with Crippen LogP contribution in [0.5, 0.6) is 0 Å². The largest absolute Gasteiger partial charge is 0.372 e. The van der Waals surface area contributed by atoms with E-state index in [1.54, 1.807) is 0 Å². The normalized spacial score (nSPS) is 21.6. The third kappa shape index (κ3) is 3.37. The van der Waals surface area contributed by atoms with E-state index in [0.29, 0.717) is 0 Å². The second kappa shape index (κ2) is 6.59. The molecule has 1 aliphatic rings. The van der Waals surface area contributed by atoms with Crippen LogP contribution in [0, 0.1) is 0 Å². The second-order valence-corrected chi connectivity index (χ2v) is 6.30. The van der Waals surface area contributed by atoms with E-state index in [0.717, 1.165) is 23.6 Å². The van der Waals surface area contributed by atoms with Gasteiger partial charge in [0.1, 0.15) is 4.99 Å². The van der Waals surface area contributed by atoms with E-state index in [1.165, 1.54) is 11.1 Å². The van der Waals surface area contributed by atoms with Crippen molar-refractivity contribution in [3.8, 4) is 11.1 Å². The molecular weight excluding hydrogens is 290 g/mol. The first-order valence-corrected chi connectivity index (χ1v) is 8.14. The molecule has 0 aliphatic carbocycles. The number of benzene rings is 2. The summed E-state index contributed by atoms with van der Waals surface area (Å²) in [6.07, 6.45) is 0.454. The number of hydrogen-bond acceptors (Lipinski definition) is 2. The highest BCUT2D eigenvalue weighted by molar-refractivity contribution is 7.80. The first kappa shape index (κ1) is 15.2. The minimum atomic E-state index is 0.227. The molecule has 1 aliphatic heterocycles. The molecule has 2 aromatic rings. The molecule has 3 heteroatoms. The highest BCUT2D eigenvalue weighted by atomic mass is 32.1. The van der Waals surface area contributed by atoms with E-state index in [4.69, 9.17) is 17.0 Å². The van der Waals surface area contributed by atoms with Crippen molar-refractivity contribution in [1.29, 1.82) is 0 Å². The SMILES string of the molecule is C[C@H]1CN(C(=S)c2ccc(-c3ccccc3)cc2)C[C@H](C)O1. The van der Waals surface area contributed by atoms with Crippen LogP contribution in [-0.2, 0) is 4.74 Å². The van der Waals surface area contributed by atoms with E-state index in [1.807, 2.05) is 6.07 Å². The van der Waals surface area contributed by atoms with E-state index in [2.05, 4.69) is 67.3 Å². The predicted octanol–water partition coefficient (Wildman–Crippen LogP) is 4.14. The minimum Gasteiger partial charge on any atom is -0.372 e. The summed E-state index contributed by atoms with van der Waals surface area (Å²) in [5.74, 6) is 0. The fourth-order valence-corrected chi connectivity index (χ4v) is 3.25. The maximum absolute atomic E-state index is 5.78. The third-order valence-electron chi connectivity index (χ3n) is 3.95. The van der Waals surface area contributed by atoms with Crippen molar-refractivity contribution in [2.75, 3.05) is 13.1 Å². The highest BCUT2D eigenvalue weighted by Crippen LogP contribution is 2.21. The topological polar surface area (TPSA) is 12.5 Å². The summed E-state index contributed by atoms with van der Waals surface area (Å²) >= 11 is 5.68. The average molecular weight is 311 g/mol. The Labute approximate surface area is 137 Å². The van der Waals surface area contributed by atoms with Gasteiger partial charge in [-0.05, 0) is 25.0 Å². The number of rotatable bonds is 2. The Balaban J connectivity index is 1.76. The van der Waals surface area contributed by atoms with Gasteiger partial charge in [-0.2, -0.15) is 0 Å². The number of hydrogen-bond donors (Lipinski definition) is 0. The van der Waals surface area contributed by atoms with Crippen LogP contribution in [0.4, 0.5) is 0 Å². The Bertz CT molecular complexity index is 628. The summed E-state index contributed by atoms with van der Waals surface area (Å²) in [7, 11) is 0. The highest BCUT2D eigenvalue weighted by Gasteiger charge is 2.24. The van der Waals surface area contributed by atoms with Gasteiger partial charge in [0.2, 0.25) is 0 Å². The summed E-state index contributed by atoms with van der Waals surface area (Å²) < 4.78 is 5.78. The lowest BCUT2D eigenvalue weighted by Crippen LogP contribution is -2.47. The molecule has 2 nitrogen and oxygen atoms in total. The summed E-state index contributed by atoms with van der Waals surface area (Å²) in [4.78, 5) is 3.17. The molecule has 0 saturated carbocycles. The molecule has 1 fully saturated rings. The van der Waals surface area contributed by atoms with Gasteiger partial charge in [-0.15, -0.1) is 0 Å². The van der Waals surface area contributed by atoms with Crippen molar-refractivity contribution < 1.29 is 4.74 Å². The van der Waals surface area contributed by atoms with Crippen LogP contribution in [-0.4, -0.2) is 35.2 Å². The van der Waals surface area contributed by atoms with Crippen molar-refractivity contribution >= 4 is 17.2 Å². The van der Waals surface area contributed by atoms with E-state index in [-0.39, 0.29) is 12.2 Å². The Morgan fingerprint density at radius 1 is 0.909 bits per heavy atom. The smallest absolute Gasteiger partial charge is 0.109 e. The standard InChI is InChI=1S/C19H21NOS/c1-14-12-20(13-15(2)21-14)19(22)18-10-8-17(9-11-18)16-6-4-3-5-7-16/h3-11,14-15H,12-13H2,1-2H3/t14-,15-/m0/s1. The van der Waals surface area contributed by atoms with Gasteiger partial charge in [-0.3, -0.25) is 0 Å². The molecule has 0 spiro atoms. The minimum absolute atomic E-state index is 0.227. The van der Waals surface area contributed by atoms with E-state index >= 15 is 0 Å². The molecule has 3 rings (SSSR count). The van der Waals surface area contributed by atoms with Crippen LogP contribution in [0.1, 0.15) is 19.4 Å². The zero-order valence-electron chi connectivity index (χ0n) is 13.0. The molecule has 114 valence electrons. The van der Waals surface area contributed by atoms with Crippen molar-refractivity contribution in [2.45, 2.75) is 26.1 Å². The van der Waals surface area contributed by atoms with Crippen molar-refractivity contribution in [3.05, 3.63) is 60.2 Å². The Kier molecular flexibility index (Phi) is 4.55. The lowest BCUT2D eigenvalue weighted by atomic mass is 10.0. The molecule has 0 amide bonds. The molecule has 2 aromatic carbocycles. The van der Waals surface area contributed by atoms with Gasteiger partial charge < -0.3 is 9.64 Å². The molecular formula is C19H21NOS. The second-order valence-electron chi connectivity index (χ2n) is 5.91. The molecule has 0 unspecified atom stereocenters. The molecule has 2 atom stereocenters. The molecule has 0 N–H and O–H groups in total.